The minimum atomic E-state index is -0.688. The Labute approximate surface area is 86.8 Å². The number of benzene rings is 1. The van der Waals surface area contributed by atoms with Crippen molar-refractivity contribution in [3.05, 3.63) is 29.6 Å². The van der Waals surface area contributed by atoms with E-state index in [1.165, 1.54) is 23.9 Å². The van der Waals surface area contributed by atoms with Crippen LogP contribution < -0.4 is 0 Å². The first-order valence-electron chi connectivity index (χ1n) is 4.36. The monoisotopic (exact) mass is 216 g/mol. The summed E-state index contributed by atoms with van der Waals surface area (Å²) in [5, 5.41) is 18.0. The molecule has 0 aliphatic carbocycles. The molecule has 2 N–H and O–H groups in total. The summed E-state index contributed by atoms with van der Waals surface area (Å²) in [6.07, 6.45) is -0.688. The van der Waals surface area contributed by atoms with Gasteiger partial charge in [-0.05, 0) is 30.7 Å². The van der Waals surface area contributed by atoms with Gasteiger partial charge in [-0.15, -0.1) is 11.8 Å². The largest absolute Gasteiger partial charge is 0.396 e. The zero-order chi connectivity index (χ0) is 10.6. The molecule has 1 aromatic rings. The van der Waals surface area contributed by atoms with Crippen LogP contribution in [0, 0.1) is 5.82 Å². The van der Waals surface area contributed by atoms with Crippen LogP contribution in [-0.4, -0.2) is 22.6 Å². The summed E-state index contributed by atoms with van der Waals surface area (Å²) < 4.78 is 12.9. The molecule has 0 saturated carbocycles. The number of hydrogen-bond donors (Lipinski definition) is 2. The number of aliphatic hydroxyl groups is 2. The number of rotatable bonds is 4. The average Bonchev–Trinajstić information content (AvgIpc) is 2.15. The van der Waals surface area contributed by atoms with Crippen LogP contribution in [0.5, 0.6) is 0 Å². The molecule has 0 aliphatic rings. The fraction of sp³-hybridized carbons (Fsp3) is 0.400. The van der Waals surface area contributed by atoms with E-state index in [4.69, 9.17) is 5.11 Å². The normalized spacial score (nSPS) is 12.9. The van der Waals surface area contributed by atoms with E-state index in [1.807, 2.05) is 0 Å². The number of thioether (sulfide) groups is 1. The molecule has 0 unspecified atom stereocenters. The van der Waals surface area contributed by atoms with E-state index in [1.54, 1.807) is 13.0 Å². The summed E-state index contributed by atoms with van der Waals surface area (Å²) in [7, 11) is 0. The minimum Gasteiger partial charge on any atom is -0.396 e. The summed E-state index contributed by atoms with van der Waals surface area (Å²) in [6, 6.07) is 4.30. The smallest absolute Gasteiger partial charge is 0.123 e. The van der Waals surface area contributed by atoms with Crippen LogP contribution in [0.1, 0.15) is 18.6 Å². The summed E-state index contributed by atoms with van der Waals surface area (Å²) in [6.45, 7) is 1.67. The van der Waals surface area contributed by atoms with Crippen molar-refractivity contribution in [2.24, 2.45) is 0 Å². The lowest BCUT2D eigenvalue weighted by molar-refractivity contribution is 0.196. The Morgan fingerprint density at radius 3 is 2.79 bits per heavy atom. The van der Waals surface area contributed by atoms with Crippen molar-refractivity contribution >= 4 is 11.8 Å². The van der Waals surface area contributed by atoms with Crippen LogP contribution in [-0.2, 0) is 0 Å². The number of hydrogen-bond acceptors (Lipinski definition) is 3. The van der Waals surface area contributed by atoms with Gasteiger partial charge in [0, 0.05) is 10.6 Å². The van der Waals surface area contributed by atoms with E-state index >= 15 is 0 Å². The molecule has 0 saturated heterocycles. The van der Waals surface area contributed by atoms with E-state index in [9.17, 15) is 9.50 Å². The van der Waals surface area contributed by atoms with Crippen molar-refractivity contribution in [1.29, 1.82) is 0 Å². The highest BCUT2D eigenvalue weighted by Crippen LogP contribution is 2.27. The lowest BCUT2D eigenvalue weighted by Crippen LogP contribution is -1.96. The highest BCUT2D eigenvalue weighted by atomic mass is 32.2. The van der Waals surface area contributed by atoms with Crippen molar-refractivity contribution in [2.75, 3.05) is 12.4 Å². The lowest BCUT2D eigenvalue weighted by atomic mass is 10.1. The predicted octanol–water partition coefficient (Wildman–Crippen LogP) is 1.96. The van der Waals surface area contributed by atoms with Gasteiger partial charge in [-0.3, -0.25) is 0 Å². The van der Waals surface area contributed by atoms with Gasteiger partial charge in [-0.25, -0.2) is 4.39 Å². The Bertz CT molecular complexity index is 302. The Kier molecular flexibility index (Phi) is 4.38. The topological polar surface area (TPSA) is 40.5 Å². The first kappa shape index (κ1) is 11.5. The zero-order valence-electron chi connectivity index (χ0n) is 7.90. The molecular formula is C10H13FO2S. The molecule has 0 aliphatic heterocycles. The minimum absolute atomic E-state index is 0.0707. The molecule has 0 bridgehead atoms. The fourth-order valence-electron chi connectivity index (χ4n) is 1.13. The number of aliphatic hydroxyl groups excluding tert-OH is 2. The molecular weight excluding hydrogens is 203 g/mol. The third-order valence-corrected chi connectivity index (χ3v) is 2.84. The van der Waals surface area contributed by atoms with Crippen molar-refractivity contribution in [3.63, 3.8) is 0 Å². The Balaban J connectivity index is 2.90. The predicted molar refractivity (Wildman–Crippen MR) is 54.8 cm³/mol. The standard InChI is InChI=1S/C10H13FO2S/c1-7(13)9-6-8(11)2-3-10(9)14-5-4-12/h2-3,6-7,12-13H,4-5H2,1H3/t7-/m1/s1. The summed E-state index contributed by atoms with van der Waals surface area (Å²) in [5.41, 5.74) is 0.573. The van der Waals surface area contributed by atoms with Crippen LogP contribution in [0.4, 0.5) is 4.39 Å². The van der Waals surface area contributed by atoms with Gasteiger partial charge in [0.15, 0.2) is 0 Å². The van der Waals surface area contributed by atoms with Crippen molar-refractivity contribution in [2.45, 2.75) is 17.9 Å². The van der Waals surface area contributed by atoms with Gasteiger partial charge in [0.1, 0.15) is 5.82 Å². The highest BCUT2D eigenvalue weighted by molar-refractivity contribution is 7.99. The molecule has 2 nitrogen and oxygen atoms in total. The molecule has 4 heteroatoms. The maximum absolute atomic E-state index is 12.9. The molecule has 1 rings (SSSR count). The first-order chi connectivity index (χ1) is 6.65. The summed E-state index contributed by atoms with van der Waals surface area (Å²) >= 11 is 1.41. The van der Waals surface area contributed by atoms with Gasteiger partial charge >= 0.3 is 0 Å². The van der Waals surface area contributed by atoms with Crippen molar-refractivity contribution in [1.82, 2.24) is 0 Å². The second-order valence-corrected chi connectivity index (χ2v) is 4.07. The molecule has 0 radical (unpaired) electrons. The molecule has 1 aromatic carbocycles. The molecule has 0 fully saturated rings. The average molecular weight is 216 g/mol. The van der Waals surface area contributed by atoms with E-state index in [0.29, 0.717) is 11.3 Å². The van der Waals surface area contributed by atoms with Gasteiger partial charge in [-0.1, -0.05) is 0 Å². The third-order valence-electron chi connectivity index (χ3n) is 1.77. The highest BCUT2D eigenvalue weighted by Gasteiger charge is 2.09. The number of halogens is 1. The first-order valence-corrected chi connectivity index (χ1v) is 5.35. The van der Waals surface area contributed by atoms with E-state index in [0.717, 1.165) is 4.90 Å². The molecule has 0 amide bonds. The molecule has 78 valence electrons. The van der Waals surface area contributed by atoms with Crippen LogP contribution in [0.25, 0.3) is 0 Å². The SMILES string of the molecule is C[C@@H](O)c1cc(F)ccc1SCCO. The molecule has 14 heavy (non-hydrogen) atoms. The Morgan fingerprint density at radius 1 is 1.50 bits per heavy atom. The molecule has 1 atom stereocenters. The maximum Gasteiger partial charge on any atom is 0.123 e. The van der Waals surface area contributed by atoms with Gasteiger partial charge < -0.3 is 10.2 Å². The molecule has 0 spiro atoms. The second-order valence-electron chi connectivity index (χ2n) is 2.93. The van der Waals surface area contributed by atoms with Gasteiger partial charge in [0.25, 0.3) is 0 Å². The van der Waals surface area contributed by atoms with Crippen LogP contribution in [0.15, 0.2) is 23.1 Å². The maximum atomic E-state index is 12.9. The lowest BCUT2D eigenvalue weighted by Gasteiger charge is -2.10. The van der Waals surface area contributed by atoms with Crippen LogP contribution in [0.2, 0.25) is 0 Å². The van der Waals surface area contributed by atoms with E-state index in [-0.39, 0.29) is 12.4 Å². The quantitative estimate of drug-likeness (QED) is 0.756. The zero-order valence-corrected chi connectivity index (χ0v) is 8.72. The van der Waals surface area contributed by atoms with E-state index in [2.05, 4.69) is 0 Å². The molecule has 0 aromatic heterocycles. The van der Waals surface area contributed by atoms with Gasteiger partial charge in [-0.2, -0.15) is 0 Å². The van der Waals surface area contributed by atoms with Crippen molar-refractivity contribution in [3.8, 4) is 0 Å². The Morgan fingerprint density at radius 2 is 2.21 bits per heavy atom. The van der Waals surface area contributed by atoms with E-state index < -0.39 is 6.10 Å². The van der Waals surface area contributed by atoms with Crippen molar-refractivity contribution < 1.29 is 14.6 Å². The fourth-order valence-corrected chi connectivity index (χ4v) is 2.00. The molecule has 0 heterocycles. The Hall–Kier alpha value is -0.580. The second kappa shape index (κ2) is 5.34. The van der Waals surface area contributed by atoms with Gasteiger partial charge in [0.2, 0.25) is 0 Å². The van der Waals surface area contributed by atoms with Crippen LogP contribution >= 0.6 is 11.8 Å². The summed E-state index contributed by atoms with van der Waals surface area (Å²) in [4.78, 5) is 0.815. The summed E-state index contributed by atoms with van der Waals surface area (Å²) in [5.74, 6) is 0.194. The third kappa shape index (κ3) is 2.97. The van der Waals surface area contributed by atoms with Crippen LogP contribution in [0.3, 0.4) is 0 Å². The van der Waals surface area contributed by atoms with Gasteiger partial charge in [0.05, 0.1) is 12.7 Å².